The summed E-state index contributed by atoms with van der Waals surface area (Å²) in [6.45, 7) is 3.28. The fourth-order valence-electron chi connectivity index (χ4n) is 2.42. The van der Waals surface area contributed by atoms with Crippen LogP contribution < -0.4 is 5.73 Å². The van der Waals surface area contributed by atoms with Gasteiger partial charge in [0.25, 0.3) is 0 Å². The Kier molecular flexibility index (Phi) is 8.21. The molecule has 0 saturated heterocycles. The first-order chi connectivity index (χ1) is 11.2. The van der Waals surface area contributed by atoms with Crippen molar-refractivity contribution >= 4 is 5.91 Å². The van der Waals surface area contributed by atoms with Crippen molar-refractivity contribution in [1.29, 1.82) is 0 Å². The van der Waals surface area contributed by atoms with Gasteiger partial charge in [-0.3, -0.25) is 9.69 Å². The van der Waals surface area contributed by atoms with Crippen LogP contribution in [0.4, 0.5) is 13.2 Å². The predicted molar refractivity (Wildman–Crippen MR) is 88.5 cm³/mol. The highest BCUT2D eigenvalue weighted by molar-refractivity contribution is 5.78. The standard InChI is InChI=1S/C17H26F3N3O/c1-14(2)23(13-17(18,19)20)16(24)12-22(11-9-21)10-8-15-6-4-3-5-7-15/h3-7,14H,8-13,21H2,1-2H3. The third kappa shape index (κ3) is 7.79. The topological polar surface area (TPSA) is 49.6 Å². The fraction of sp³-hybridized carbons (Fsp3) is 0.588. The van der Waals surface area contributed by atoms with E-state index in [9.17, 15) is 18.0 Å². The van der Waals surface area contributed by atoms with Gasteiger partial charge in [0.2, 0.25) is 5.91 Å². The van der Waals surface area contributed by atoms with E-state index in [4.69, 9.17) is 5.73 Å². The van der Waals surface area contributed by atoms with E-state index in [1.807, 2.05) is 30.3 Å². The van der Waals surface area contributed by atoms with Crippen molar-refractivity contribution in [3.05, 3.63) is 35.9 Å². The molecule has 0 atom stereocenters. The van der Waals surface area contributed by atoms with Crippen molar-refractivity contribution in [2.75, 3.05) is 32.7 Å². The lowest BCUT2D eigenvalue weighted by molar-refractivity contribution is -0.165. The van der Waals surface area contributed by atoms with Crippen molar-refractivity contribution in [1.82, 2.24) is 9.80 Å². The van der Waals surface area contributed by atoms with Crippen LogP contribution in [0.15, 0.2) is 30.3 Å². The van der Waals surface area contributed by atoms with Gasteiger partial charge < -0.3 is 10.6 Å². The highest BCUT2D eigenvalue weighted by Gasteiger charge is 2.34. The van der Waals surface area contributed by atoms with Crippen molar-refractivity contribution in [2.45, 2.75) is 32.5 Å². The van der Waals surface area contributed by atoms with E-state index >= 15 is 0 Å². The monoisotopic (exact) mass is 345 g/mol. The summed E-state index contributed by atoms with van der Waals surface area (Å²) in [5.74, 6) is -0.524. The Morgan fingerprint density at radius 1 is 1.17 bits per heavy atom. The largest absolute Gasteiger partial charge is 0.406 e. The number of hydrogen-bond acceptors (Lipinski definition) is 3. The van der Waals surface area contributed by atoms with Crippen LogP contribution >= 0.6 is 0 Å². The Bertz CT molecular complexity index is 492. The van der Waals surface area contributed by atoms with Gasteiger partial charge in [0.05, 0.1) is 6.54 Å². The molecular formula is C17H26F3N3O. The molecule has 0 unspecified atom stereocenters. The summed E-state index contributed by atoms with van der Waals surface area (Å²) in [5.41, 5.74) is 6.68. The van der Waals surface area contributed by atoms with Crippen LogP contribution in [0.25, 0.3) is 0 Å². The van der Waals surface area contributed by atoms with E-state index < -0.39 is 24.7 Å². The molecule has 0 radical (unpaired) electrons. The van der Waals surface area contributed by atoms with Crippen molar-refractivity contribution < 1.29 is 18.0 Å². The SMILES string of the molecule is CC(C)N(CC(F)(F)F)C(=O)CN(CCN)CCc1ccccc1. The molecule has 0 spiro atoms. The normalized spacial score (nSPS) is 12.0. The first-order valence-electron chi connectivity index (χ1n) is 8.05. The number of rotatable bonds is 9. The summed E-state index contributed by atoms with van der Waals surface area (Å²) >= 11 is 0. The first kappa shape index (κ1) is 20.4. The highest BCUT2D eigenvalue weighted by atomic mass is 19.4. The molecule has 4 nitrogen and oxygen atoms in total. The third-order valence-electron chi connectivity index (χ3n) is 3.66. The average molecular weight is 345 g/mol. The van der Waals surface area contributed by atoms with Crippen LogP contribution in [0, 0.1) is 0 Å². The number of nitrogens with zero attached hydrogens (tertiary/aromatic N) is 2. The van der Waals surface area contributed by atoms with Crippen LogP contribution in [0.3, 0.4) is 0 Å². The van der Waals surface area contributed by atoms with Crippen LogP contribution in [0.5, 0.6) is 0 Å². The summed E-state index contributed by atoms with van der Waals surface area (Å²) < 4.78 is 38.0. The molecule has 1 aromatic rings. The molecule has 1 aromatic carbocycles. The lowest BCUT2D eigenvalue weighted by Crippen LogP contribution is -2.48. The number of carbonyl (C=O) groups excluding carboxylic acids is 1. The van der Waals surface area contributed by atoms with Gasteiger partial charge in [-0.05, 0) is 25.8 Å². The van der Waals surface area contributed by atoms with E-state index in [0.29, 0.717) is 19.6 Å². The van der Waals surface area contributed by atoms with Gasteiger partial charge in [0, 0.05) is 25.7 Å². The Balaban J connectivity index is 2.65. The van der Waals surface area contributed by atoms with Gasteiger partial charge in [0.1, 0.15) is 6.54 Å². The smallest absolute Gasteiger partial charge is 0.330 e. The molecule has 0 aromatic heterocycles. The Hall–Kier alpha value is -1.60. The van der Waals surface area contributed by atoms with Crippen LogP contribution in [-0.4, -0.2) is 60.6 Å². The van der Waals surface area contributed by atoms with E-state index in [1.54, 1.807) is 18.7 Å². The fourth-order valence-corrected chi connectivity index (χ4v) is 2.42. The summed E-state index contributed by atoms with van der Waals surface area (Å²) in [4.78, 5) is 15.0. The average Bonchev–Trinajstić information content (AvgIpc) is 2.50. The Morgan fingerprint density at radius 3 is 2.29 bits per heavy atom. The molecule has 0 bridgehead atoms. The maximum atomic E-state index is 12.7. The minimum atomic E-state index is -4.40. The zero-order valence-electron chi connectivity index (χ0n) is 14.2. The van der Waals surface area contributed by atoms with Crippen molar-refractivity contribution in [3.8, 4) is 0 Å². The molecular weight excluding hydrogens is 319 g/mol. The first-order valence-corrected chi connectivity index (χ1v) is 8.05. The summed E-state index contributed by atoms with van der Waals surface area (Å²) in [6.07, 6.45) is -3.68. The van der Waals surface area contributed by atoms with Crippen LogP contribution in [0.1, 0.15) is 19.4 Å². The van der Waals surface area contributed by atoms with Gasteiger partial charge in [-0.15, -0.1) is 0 Å². The van der Waals surface area contributed by atoms with Gasteiger partial charge in [0.15, 0.2) is 0 Å². The maximum Gasteiger partial charge on any atom is 0.406 e. The quantitative estimate of drug-likeness (QED) is 0.747. The number of nitrogens with two attached hydrogens (primary N) is 1. The molecule has 0 aliphatic rings. The lowest BCUT2D eigenvalue weighted by atomic mass is 10.1. The minimum Gasteiger partial charge on any atom is -0.330 e. The van der Waals surface area contributed by atoms with Gasteiger partial charge in [-0.1, -0.05) is 30.3 Å². The maximum absolute atomic E-state index is 12.7. The van der Waals surface area contributed by atoms with Gasteiger partial charge in [-0.25, -0.2) is 0 Å². The number of benzene rings is 1. The molecule has 7 heteroatoms. The van der Waals surface area contributed by atoms with Gasteiger partial charge in [-0.2, -0.15) is 13.2 Å². The summed E-state index contributed by atoms with van der Waals surface area (Å²) in [5, 5.41) is 0. The summed E-state index contributed by atoms with van der Waals surface area (Å²) in [6, 6.07) is 9.23. The second-order valence-electron chi connectivity index (χ2n) is 6.03. The molecule has 1 rings (SSSR count). The Morgan fingerprint density at radius 2 is 1.79 bits per heavy atom. The minimum absolute atomic E-state index is 0.0572. The second kappa shape index (κ2) is 9.64. The lowest BCUT2D eigenvalue weighted by Gasteiger charge is -2.30. The molecule has 0 fully saturated rings. The van der Waals surface area contributed by atoms with Crippen LogP contribution in [0.2, 0.25) is 0 Å². The molecule has 0 heterocycles. The molecule has 0 aliphatic heterocycles. The van der Waals surface area contributed by atoms with Gasteiger partial charge >= 0.3 is 6.18 Å². The van der Waals surface area contributed by atoms with E-state index in [0.717, 1.165) is 16.9 Å². The number of carbonyl (C=O) groups is 1. The zero-order chi connectivity index (χ0) is 18.2. The van der Waals surface area contributed by atoms with E-state index in [2.05, 4.69) is 0 Å². The Labute approximate surface area is 141 Å². The number of halogens is 3. The molecule has 0 aliphatic carbocycles. The van der Waals surface area contributed by atoms with Crippen LogP contribution in [-0.2, 0) is 11.2 Å². The van der Waals surface area contributed by atoms with Crippen molar-refractivity contribution in [2.24, 2.45) is 5.73 Å². The second-order valence-corrected chi connectivity index (χ2v) is 6.03. The number of hydrogen-bond donors (Lipinski definition) is 1. The molecule has 24 heavy (non-hydrogen) atoms. The highest BCUT2D eigenvalue weighted by Crippen LogP contribution is 2.18. The number of alkyl halides is 3. The number of amides is 1. The van der Waals surface area contributed by atoms with E-state index in [1.165, 1.54) is 0 Å². The molecule has 0 saturated carbocycles. The predicted octanol–water partition coefficient (Wildman–Crippen LogP) is 2.29. The molecule has 2 N–H and O–H groups in total. The summed E-state index contributed by atoms with van der Waals surface area (Å²) in [7, 11) is 0. The van der Waals surface area contributed by atoms with Crippen molar-refractivity contribution in [3.63, 3.8) is 0 Å². The zero-order valence-corrected chi connectivity index (χ0v) is 14.2. The molecule has 136 valence electrons. The van der Waals surface area contributed by atoms with E-state index in [-0.39, 0.29) is 6.54 Å². The molecule has 1 amide bonds. The third-order valence-corrected chi connectivity index (χ3v) is 3.66.